The van der Waals surface area contributed by atoms with Crippen LogP contribution in [0.2, 0.25) is 0 Å². The lowest BCUT2D eigenvalue weighted by Gasteiger charge is -2.36. The maximum Gasteiger partial charge on any atom is 0.0601 e. The maximum absolute atomic E-state index is 5.29. The molecule has 90 valence electrons. The summed E-state index contributed by atoms with van der Waals surface area (Å²) in [5, 5.41) is 3.66. The Kier molecular flexibility index (Phi) is 4.00. The molecule has 1 aromatic rings. The Morgan fingerprint density at radius 1 is 1.50 bits per heavy atom. The van der Waals surface area contributed by atoms with E-state index < -0.39 is 0 Å². The van der Waals surface area contributed by atoms with Crippen LogP contribution < -0.4 is 5.32 Å². The third-order valence-electron chi connectivity index (χ3n) is 3.37. The number of nitrogens with one attached hydrogen (secondary N) is 1. The lowest BCUT2D eigenvalue weighted by atomic mass is 9.88. The van der Waals surface area contributed by atoms with E-state index in [0.29, 0.717) is 18.2 Å². The van der Waals surface area contributed by atoms with Crippen LogP contribution in [0.15, 0.2) is 12.1 Å². The first kappa shape index (κ1) is 12.1. The molecule has 0 aromatic carbocycles. The van der Waals surface area contributed by atoms with Gasteiger partial charge in [0.15, 0.2) is 0 Å². The Balaban J connectivity index is 1.82. The van der Waals surface area contributed by atoms with Crippen LogP contribution in [0.4, 0.5) is 0 Å². The molecule has 0 radical (unpaired) electrons. The third-order valence-corrected chi connectivity index (χ3v) is 4.78. The van der Waals surface area contributed by atoms with Crippen molar-refractivity contribution in [3.05, 3.63) is 21.9 Å². The highest BCUT2D eigenvalue weighted by Crippen LogP contribution is 2.28. The molecule has 2 nitrogen and oxygen atoms in total. The normalized spacial score (nSPS) is 26.4. The van der Waals surface area contributed by atoms with E-state index >= 15 is 0 Å². The van der Waals surface area contributed by atoms with Crippen LogP contribution in [0.5, 0.6) is 0 Å². The molecular weight excluding hydrogens is 218 g/mol. The zero-order valence-electron chi connectivity index (χ0n) is 10.3. The number of hydrogen-bond donors (Lipinski definition) is 1. The fraction of sp³-hybridized carbons (Fsp3) is 0.692. The number of methoxy groups -OCH3 is 1. The summed E-state index contributed by atoms with van der Waals surface area (Å²) >= 11 is 1.93. The summed E-state index contributed by atoms with van der Waals surface area (Å²) in [4.78, 5) is 2.93. The van der Waals surface area contributed by atoms with Crippen molar-refractivity contribution in [3.8, 4) is 0 Å². The minimum absolute atomic E-state index is 0.480. The highest BCUT2D eigenvalue weighted by Gasteiger charge is 2.29. The molecule has 1 N–H and O–H groups in total. The van der Waals surface area contributed by atoms with Gasteiger partial charge in [-0.25, -0.2) is 0 Å². The Hall–Kier alpha value is -0.380. The molecule has 16 heavy (non-hydrogen) atoms. The topological polar surface area (TPSA) is 21.3 Å². The molecule has 0 aliphatic heterocycles. The van der Waals surface area contributed by atoms with Gasteiger partial charge in [-0.05, 0) is 38.3 Å². The summed E-state index contributed by atoms with van der Waals surface area (Å²) in [7, 11) is 1.80. The molecule has 2 rings (SSSR count). The highest BCUT2D eigenvalue weighted by atomic mass is 32.1. The molecule has 0 saturated heterocycles. The summed E-state index contributed by atoms with van der Waals surface area (Å²) in [6, 6.07) is 5.63. The number of thiophene rings is 1. The summed E-state index contributed by atoms with van der Waals surface area (Å²) < 4.78 is 5.29. The molecule has 1 saturated carbocycles. The standard InChI is InChI=1S/C13H21NOS/c1-4-12-5-6-13(16-12)9(2)14-10-7-11(8-10)15-3/h5-6,9-11,14H,4,7-8H2,1-3H3. The minimum Gasteiger partial charge on any atom is -0.381 e. The van der Waals surface area contributed by atoms with Crippen molar-refractivity contribution in [1.82, 2.24) is 5.32 Å². The molecule has 0 amide bonds. The van der Waals surface area contributed by atoms with E-state index in [9.17, 15) is 0 Å². The molecule has 1 atom stereocenters. The molecule has 0 bridgehead atoms. The Morgan fingerprint density at radius 2 is 2.25 bits per heavy atom. The van der Waals surface area contributed by atoms with Crippen molar-refractivity contribution in [1.29, 1.82) is 0 Å². The molecule has 1 fully saturated rings. The molecular formula is C13H21NOS. The predicted octanol–water partition coefficient (Wildman–Crippen LogP) is 3.14. The maximum atomic E-state index is 5.29. The van der Waals surface area contributed by atoms with Crippen LogP contribution in [0.3, 0.4) is 0 Å². The van der Waals surface area contributed by atoms with Crippen molar-refractivity contribution in [2.24, 2.45) is 0 Å². The van der Waals surface area contributed by atoms with Gasteiger partial charge in [0.05, 0.1) is 6.10 Å². The average molecular weight is 239 g/mol. The van der Waals surface area contributed by atoms with Gasteiger partial charge in [-0.1, -0.05) is 6.92 Å². The van der Waals surface area contributed by atoms with E-state index in [1.165, 1.54) is 9.75 Å². The highest BCUT2D eigenvalue weighted by molar-refractivity contribution is 7.12. The van der Waals surface area contributed by atoms with Gasteiger partial charge < -0.3 is 10.1 Å². The van der Waals surface area contributed by atoms with E-state index in [0.717, 1.165) is 19.3 Å². The van der Waals surface area contributed by atoms with E-state index in [1.54, 1.807) is 7.11 Å². The zero-order valence-corrected chi connectivity index (χ0v) is 11.1. The van der Waals surface area contributed by atoms with E-state index in [2.05, 4.69) is 31.3 Å². The largest absolute Gasteiger partial charge is 0.381 e. The Morgan fingerprint density at radius 3 is 2.81 bits per heavy atom. The third kappa shape index (κ3) is 2.65. The van der Waals surface area contributed by atoms with Crippen LogP contribution in [0, 0.1) is 0 Å². The van der Waals surface area contributed by atoms with E-state index in [-0.39, 0.29) is 0 Å². The van der Waals surface area contributed by atoms with Crippen LogP contribution in [-0.4, -0.2) is 19.3 Å². The number of aryl methyl sites for hydroxylation is 1. The molecule has 1 heterocycles. The van der Waals surface area contributed by atoms with Crippen molar-refractivity contribution in [3.63, 3.8) is 0 Å². The summed E-state index contributed by atoms with van der Waals surface area (Å²) in [5.74, 6) is 0. The lowest BCUT2D eigenvalue weighted by Crippen LogP contribution is -2.45. The monoisotopic (exact) mass is 239 g/mol. The second kappa shape index (κ2) is 5.30. The molecule has 1 aliphatic rings. The van der Waals surface area contributed by atoms with Gasteiger partial charge in [-0.15, -0.1) is 11.3 Å². The first-order valence-electron chi connectivity index (χ1n) is 6.10. The summed E-state index contributed by atoms with van der Waals surface area (Å²) in [6.45, 7) is 4.47. The number of ether oxygens (including phenoxy) is 1. The summed E-state index contributed by atoms with van der Waals surface area (Å²) in [5.41, 5.74) is 0. The fourth-order valence-electron chi connectivity index (χ4n) is 2.15. The predicted molar refractivity (Wildman–Crippen MR) is 69.1 cm³/mol. The van der Waals surface area contributed by atoms with Gasteiger partial charge in [0, 0.05) is 28.9 Å². The second-order valence-corrected chi connectivity index (χ2v) is 5.77. The average Bonchev–Trinajstić information content (AvgIpc) is 2.70. The summed E-state index contributed by atoms with van der Waals surface area (Å²) in [6.07, 6.45) is 3.95. The van der Waals surface area contributed by atoms with Gasteiger partial charge in [-0.2, -0.15) is 0 Å². The van der Waals surface area contributed by atoms with Gasteiger partial charge in [-0.3, -0.25) is 0 Å². The smallest absolute Gasteiger partial charge is 0.0601 e. The van der Waals surface area contributed by atoms with Crippen molar-refractivity contribution in [2.75, 3.05) is 7.11 Å². The van der Waals surface area contributed by atoms with Crippen LogP contribution in [0.25, 0.3) is 0 Å². The van der Waals surface area contributed by atoms with E-state index in [1.807, 2.05) is 11.3 Å². The minimum atomic E-state index is 0.480. The van der Waals surface area contributed by atoms with Crippen LogP contribution >= 0.6 is 11.3 Å². The van der Waals surface area contributed by atoms with Gasteiger partial charge in [0.2, 0.25) is 0 Å². The molecule has 1 unspecified atom stereocenters. The van der Waals surface area contributed by atoms with Crippen molar-refractivity contribution < 1.29 is 4.74 Å². The first-order chi connectivity index (χ1) is 7.72. The van der Waals surface area contributed by atoms with Crippen LogP contribution in [-0.2, 0) is 11.2 Å². The lowest BCUT2D eigenvalue weighted by molar-refractivity contribution is 0.0148. The van der Waals surface area contributed by atoms with Gasteiger partial charge in [0.25, 0.3) is 0 Å². The van der Waals surface area contributed by atoms with Crippen molar-refractivity contribution in [2.45, 2.75) is 51.3 Å². The molecule has 0 spiro atoms. The zero-order chi connectivity index (χ0) is 11.5. The Labute approximate surface area is 102 Å². The van der Waals surface area contributed by atoms with Gasteiger partial charge in [0.1, 0.15) is 0 Å². The fourth-order valence-corrected chi connectivity index (χ4v) is 3.11. The molecule has 1 aromatic heterocycles. The SMILES string of the molecule is CCc1ccc(C(C)NC2CC(OC)C2)s1. The second-order valence-electron chi connectivity index (χ2n) is 4.57. The molecule has 1 aliphatic carbocycles. The van der Waals surface area contributed by atoms with Crippen LogP contribution in [0.1, 0.15) is 42.5 Å². The van der Waals surface area contributed by atoms with E-state index in [4.69, 9.17) is 4.74 Å². The van der Waals surface area contributed by atoms with Crippen molar-refractivity contribution >= 4 is 11.3 Å². The quantitative estimate of drug-likeness (QED) is 0.852. The Bertz CT molecular complexity index is 330. The van der Waals surface area contributed by atoms with Gasteiger partial charge >= 0.3 is 0 Å². The number of hydrogen-bond acceptors (Lipinski definition) is 3. The number of rotatable bonds is 5. The first-order valence-corrected chi connectivity index (χ1v) is 6.92. The molecule has 3 heteroatoms.